The molecule has 0 aliphatic carbocycles. The number of nitriles is 2. The van der Waals surface area contributed by atoms with E-state index in [-0.39, 0.29) is 0 Å². The van der Waals surface area contributed by atoms with Crippen LogP contribution in [0.2, 0.25) is 0 Å². The zero-order valence-electron chi connectivity index (χ0n) is 30.2. The van der Waals surface area contributed by atoms with Gasteiger partial charge in [-0.2, -0.15) is 0 Å². The molecule has 0 saturated carbocycles. The van der Waals surface area contributed by atoms with Gasteiger partial charge in [0, 0.05) is 34.1 Å². The zero-order chi connectivity index (χ0) is 38.1. The first-order valence-corrected chi connectivity index (χ1v) is 18.1. The van der Waals surface area contributed by atoms with E-state index in [4.69, 9.17) is 20.0 Å². The molecule has 0 N–H and O–H groups in total. The van der Waals surface area contributed by atoms with Crippen LogP contribution in [-0.4, -0.2) is 0 Å². The molecule has 6 heteroatoms. The van der Waals surface area contributed by atoms with Crippen LogP contribution in [0.25, 0.3) is 33.4 Å². The highest BCUT2D eigenvalue weighted by molar-refractivity contribution is 5.82. The monoisotopic (exact) mass is 722 g/mol. The van der Waals surface area contributed by atoms with Crippen molar-refractivity contribution in [2.24, 2.45) is 0 Å². The molecule has 266 valence electrons. The SMILES string of the molecule is N#COc1ccc(-c2ccc(N(c3ccccc3)c3ccc(-c4ccc(N(c5ccccc5)c5ccc(-c6ccc(OC#N)cc6)cc5)cc4)cc3)cc2)cc1. The maximum absolute atomic E-state index is 8.81. The summed E-state index contributed by atoms with van der Waals surface area (Å²) in [6.07, 6.45) is 3.44. The summed E-state index contributed by atoms with van der Waals surface area (Å²) in [5, 5.41) is 17.6. The van der Waals surface area contributed by atoms with Gasteiger partial charge in [-0.1, -0.05) is 109 Å². The topological polar surface area (TPSA) is 72.5 Å². The quantitative estimate of drug-likeness (QED) is 0.124. The van der Waals surface area contributed by atoms with Crippen LogP contribution in [0, 0.1) is 23.0 Å². The third kappa shape index (κ3) is 7.68. The molecule has 8 rings (SSSR count). The van der Waals surface area contributed by atoms with Crippen molar-refractivity contribution in [2.45, 2.75) is 0 Å². The van der Waals surface area contributed by atoms with E-state index in [1.165, 1.54) is 0 Å². The summed E-state index contributed by atoms with van der Waals surface area (Å²) >= 11 is 0. The van der Waals surface area contributed by atoms with E-state index in [1.807, 2.05) is 36.4 Å². The number of ether oxygens (including phenoxy) is 2. The Kier molecular flexibility index (Phi) is 10.2. The summed E-state index contributed by atoms with van der Waals surface area (Å²) in [6.45, 7) is 0. The van der Waals surface area contributed by atoms with Gasteiger partial charge in [-0.25, -0.2) is 0 Å². The van der Waals surface area contributed by atoms with Crippen LogP contribution in [0.15, 0.2) is 206 Å². The second-order valence-electron chi connectivity index (χ2n) is 13.0. The molecule has 0 bridgehead atoms. The van der Waals surface area contributed by atoms with Crippen molar-refractivity contribution >= 4 is 34.1 Å². The van der Waals surface area contributed by atoms with Crippen LogP contribution >= 0.6 is 0 Å². The van der Waals surface area contributed by atoms with Gasteiger partial charge in [-0.15, -0.1) is 10.5 Å². The number of hydrogen-bond donors (Lipinski definition) is 0. The highest BCUT2D eigenvalue weighted by Gasteiger charge is 2.15. The fourth-order valence-corrected chi connectivity index (χ4v) is 6.80. The molecular formula is C50H34N4O2. The molecule has 0 radical (unpaired) electrons. The first-order chi connectivity index (χ1) is 27.7. The van der Waals surface area contributed by atoms with Gasteiger partial charge >= 0.3 is 0 Å². The third-order valence-electron chi connectivity index (χ3n) is 9.57. The Hall–Kier alpha value is -8.06. The molecule has 6 nitrogen and oxygen atoms in total. The predicted octanol–water partition coefficient (Wildman–Crippen LogP) is 13.3. The molecule has 0 spiro atoms. The number of nitrogens with zero attached hydrogens (tertiary/aromatic N) is 4. The largest absolute Gasteiger partial charge is 0.388 e. The molecule has 0 saturated heterocycles. The first-order valence-electron chi connectivity index (χ1n) is 18.1. The fourth-order valence-electron chi connectivity index (χ4n) is 6.80. The molecule has 0 aromatic heterocycles. The number of hydrogen-bond acceptors (Lipinski definition) is 6. The molecule has 0 fully saturated rings. The fraction of sp³-hybridized carbons (Fsp3) is 0. The van der Waals surface area contributed by atoms with E-state index in [9.17, 15) is 0 Å². The van der Waals surface area contributed by atoms with Crippen molar-refractivity contribution < 1.29 is 9.47 Å². The average molecular weight is 723 g/mol. The van der Waals surface area contributed by atoms with Gasteiger partial charge in [0.05, 0.1) is 0 Å². The Morgan fingerprint density at radius 3 is 0.714 bits per heavy atom. The maximum atomic E-state index is 8.81. The standard InChI is InChI=1S/C50H34N4O2/c51-35-55-49-31-19-41(20-32-49)39-15-27-47(28-16-39)53(43-7-3-1-4-8-43)45-23-11-37(12-24-45)38-13-25-46(26-14-38)54(44-9-5-2-6-10-44)48-29-17-40(18-30-48)42-21-33-50(34-22-42)56-36-52/h1-34H. The lowest BCUT2D eigenvalue weighted by Gasteiger charge is -2.26. The summed E-state index contributed by atoms with van der Waals surface area (Å²) in [4.78, 5) is 4.50. The minimum atomic E-state index is 0.521. The van der Waals surface area contributed by atoms with Gasteiger partial charge in [-0.05, 0) is 130 Å². The van der Waals surface area contributed by atoms with Crippen molar-refractivity contribution in [3.05, 3.63) is 206 Å². The van der Waals surface area contributed by atoms with Crippen LogP contribution in [0.3, 0.4) is 0 Å². The highest BCUT2D eigenvalue weighted by atomic mass is 16.5. The lowest BCUT2D eigenvalue weighted by molar-refractivity contribution is 0.507. The Morgan fingerprint density at radius 2 is 0.482 bits per heavy atom. The van der Waals surface area contributed by atoms with Crippen molar-refractivity contribution in [1.82, 2.24) is 0 Å². The summed E-state index contributed by atoms with van der Waals surface area (Å²) in [6, 6.07) is 70.1. The Labute approximate surface area is 326 Å². The van der Waals surface area contributed by atoms with Crippen molar-refractivity contribution in [1.29, 1.82) is 10.5 Å². The van der Waals surface area contributed by atoms with E-state index >= 15 is 0 Å². The molecule has 56 heavy (non-hydrogen) atoms. The molecule has 0 aliphatic rings. The van der Waals surface area contributed by atoms with E-state index in [2.05, 4.69) is 155 Å². The van der Waals surface area contributed by atoms with Crippen LogP contribution in [0.1, 0.15) is 0 Å². The van der Waals surface area contributed by atoms with Crippen molar-refractivity contribution in [3.63, 3.8) is 0 Å². The van der Waals surface area contributed by atoms with E-state index in [0.29, 0.717) is 11.5 Å². The molecule has 0 aliphatic heterocycles. The molecule has 0 unspecified atom stereocenters. The van der Waals surface area contributed by atoms with Gasteiger partial charge in [0.25, 0.3) is 12.5 Å². The van der Waals surface area contributed by atoms with E-state index < -0.39 is 0 Å². The average Bonchev–Trinajstić information content (AvgIpc) is 3.27. The van der Waals surface area contributed by atoms with Gasteiger partial charge in [0.2, 0.25) is 0 Å². The minimum absolute atomic E-state index is 0.521. The normalized spacial score (nSPS) is 10.5. The summed E-state index contributed by atoms with van der Waals surface area (Å²) in [5.41, 5.74) is 12.8. The van der Waals surface area contributed by atoms with Crippen molar-refractivity contribution in [3.8, 4) is 57.4 Å². The number of para-hydroxylation sites is 2. The van der Waals surface area contributed by atoms with Crippen molar-refractivity contribution in [2.75, 3.05) is 9.80 Å². The Balaban J connectivity index is 1.04. The Morgan fingerprint density at radius 1 is 0.268 bits per heavy atom. The minimum Gasteiger partial charge on any atom is -0.388 e. The number of anilines is 6. The smallest absolute Gasteiger partial charge is 0.292 e. The third-order valence-corrected chi connectivity index (χ3v) is 9.57. The van der Waals surface area contributed by atoms with Crippen LogP contribution in [0.4, 0.5) is 34.1 Å². The van der Waals surface area contributed by atoms with Gasteiger partial charge < -0.3 is 19.3 Å². The lowest BCUT2D eigenvalue weighted by atomic mass is 10.0. The molecule has 8 aromatic rings. The number of rotatable bonds is 11. The summed E-state index contributed by atoms with van der Waals surface area (Å²) in [7, 11) is 0. The second-order valence-corrected chi connectivity index (χ2v) is 13.0. The molecule has 0 amide bonds. The molecule has 8 aromatic carbocycles. The zero-order valence-corrected chi connectivity index (χ0v) is 30.2. The molecule has 0 heterocycles. The predicted molar refractivity (Wildman–Crippen MR) is 225 cm³/mol. The van der Waals surface area contributed by atoms with Gasteiger partial charge in [-0.3, -0.25) is 0 Å². The summed E-state index contributed by atoms with van der Waals surface area (Å²) in [5.74, 6) is 1.04. The maximum Gasteiger partial charge on any atom is 0.292 e. The highest BCUT2D eigenvalue weighted by Crippen LogP contribution is 2.39. The number of benzene rings is 8. The van der Waals surface area contributed by atoms with Crippen LogP contribution in [0.5, 0.6) is 11.5 Å². The van der Waals surface area contributed by atoms with Gasteiger partial charge in [0.1, 0.15) is 11.5 Å². The molecular weight excluding hydrogens is 689 g/mol. The van der Waals surface area contributed by atoms with E-state index in [1.54, 1.807) is 36.8 Å². The molecule has 0 atom stereocenters. The van der Waals surface area contributed by atoms with Crippen LogP contribution in [-0.2, 0) is 0 Å². The summed E-state index contributed by atoms with van der Waals surface area (Å²) < 4.78 is 9.88. The van der Waals surface area contributed by atoms with Gasteiger partial charge in [0.15, 0.2) is 0 Å². The first kappa shape index (κ1) is 35.0. The lowest BCUT2D eigenvalue weighted by Crippen LogP contribution is -2.10. The van der Waals surface area contributed by atoms with Crippen LogP contribution < -0.4 is 19.3 Å². The van der Waals surface area contributed by atoms with E-state index in [0.717, 1.165) is 67.5 Å². The second kappa shape index (κ2) is 16.3. The Bertz CT molecular complexity index is 2410.